The van der Waals surface area contributed by atoms with E-state index in [2.05, 4.69) is 18.8 Å². The van der Waals surface area contributed by atoms with Crippen molar-refractivity contribution in [2.75, 3.05) is 20.2 Å². The van der Waals surface area contributed by atoms with Crippen molar-refractivity contribution in [3.05, 3.63) is 12.7 Å². The molecule has 0 saturated carbocycles. The van der Waals surface area contributed by atoms with Crippen LogP contribution in [0.1, 0.15) is 45.4 Å². The van der Waals surface area contributed by atoms with E-state index >= 15 is 0 Å². The fourth-order valence-corrected chi connectivity index (χ4v) is 1.57. The predicted octanol–water partition coefficient (Wildman–Crippen LogP) is 3.14. The summed E-state index contributed by atoms with van der Waals surface area (Å²) >= 11 is 0. The number of rotatable bonds is 11. The molecule has 0 rings (SSSR count). The maximum absolute atomic E-state index is 5.76. The van der Waals surface area contributed by atoms with Gasteiger partial charge in [-0.3, -0.25) is 0 Å². The molecule has 90 valence electrons. The maximum Gasteiger partial charge on any atom is 0.0594 e. The third-order valence-electron chi connectivity index (χ3n) is 2.60. The molecule has 0 aliphatic heterocycles. The second kappa shape index (κ2) is 11.7. The average Bonchev–Trinajstić information content (AvgIpc) is 2.26. The summed E-state index contributed by atoms with van der Waals surface area (Å²) in [6, 6.07) is 0. The van der Waals surface area contributed by atoms with Gasteiger partial charge in [0.25, 0.3) is 0 Å². The van der Waals surface area contributed by atoms with Crippen LogP contribution in [0.25, 0.3) is 0 Å². The number of allylic oxidation sites excluding steroid dienone is 1. The number of nitrogens with one attached hydrogen (secondary N) is 1. The van der Waals surface area contributed by atoms with Crippen molar-refractivity contribution in [1.29, 1.82) is 0 Å². The summed E-state index contributed by atoms with van der Waals surface area (Å²) in [5.41, 5.74) is 0. The van der Waals surface area contributed by atoms with Crippen molar-refractivity contribution >= 4 is 0 Å². The molecule has 1 unspecified atom stereocenters. The number of unbranched alkanes of at least 4 members (excludes halogenated alkanes) is 3. The van der Waals surface area contributed by atoms with Gasteiger partial charge in [-0.05, 0) is 32.7 Å². The van der Waals surface area contributed by atoms with E-state index in [9.17, 15) is 0 Å². The van der Waals surface area contributed by atoms with Gasteiger partial charge in [0.1, 0.15) is 0 Å². The van der Waals surface area contributed by atoms with Gasteiger partial charge in [0, 0.05) is 6.54 Å². The molecular weight excluding hydrogens is 186 g/mol. The van der Waals surface area contributed by atoms with Crippen molar-refractivity contribution in [3.8, 4) is 0 Å². The van der Waals surface area contributed by atoms with E-state index in [0.29, 0.717) is 6.10 Å². The number of ether oxygens (including phenoxy) is 1. The lowest BCUT2D eigenvalue weighted by molar-refractivity contribution is 0.0458. The minimum absolute atomic E-state index is 0.460. The Morgan fingerprint density at radius 2 is 2.13 bits per heavy atom. The summed E-state index contributed by atoms with van der Waals surface area (Å²) in [7, 11) is 1.96. The minimum atomic E-state index is 0.460. The second-order valence-corrected chi connectivity index (χ2v) is 3.93. The largest absolute Gasteiger partial charge is 0.377 e. The zero-order chi connectivity index (χ0) is 11.4. The van der Waals surface area contributed by atoms with Gasteiger partial charge in [0.15, 0.2) is 0 Å². The summed E-state index contributed by atoms with van der Waals surface area (Å²) in [5, 5.41) is 3.10. The highest BCUT2D eigenvalue weighted by atomic mass is 16.5. The Bertz CT molecular complexity index is 136. The molecule has 0 amide bonds. The molecule has 0 saturated heterocycles. The van der Waals surface area contributed by atoms with E-state index < -0.39 is 0 Å². The molecule has 0 bridgehead atoms. The van der Waals surface area contributed by atoms with Crippen LogP contribution in [0, 0.1) is 0 Å². The molecule has 1 N–H and O–H groups in total. The molecule has 0 aliphatic rings. The quantitative estimate of drug-likeness (QED) is 0.420. The molecule has 0 aromatic carbocycles. The van der Waals surface area contributed by atoms with Crippen LogP contribution < -0.4 is 5.32 Å². The van der Waals surface area contributed by atoms with E-state index in [-0.39, 0.29) is 0 Å². The summed E-state index contributed by atoms with van der Waals surface area (Å²) in [6.07, 6.45) is 9.81. The molecule has 2 nitrogen and oxygen atoms in total. The van der Waals surface area contributed by atoms with Crippen LogP contribution in [0.4, 0.5) is 0 Å². The Labute approximate surface area is 95.1 Å². The number of hydrogen-bond donors (Lipinski definition) is 1. The zero-order valence-electron chi connectivity index (χ0n) is 10.4. The third-order valence-corrected chi connectivity index (χ3v) is 2.60. The van der Waals surface area contributed by atoms with Crippen LogP contribution >= 0.6 is 0 Å². The van der Waals surface area contributed by atoms with Gasteiger partial charge in [0.2, 0.25) is 0 Å². The van der Waals surface area contributed by atoms with Crippen LogP contribution in [-0.4, -0.2) is 26.3 Å². The van der Waals surface area contributed by atoms with E-state index in [4.69, 9.17) is 4.74 Å². The highest BCUT2D eigenvalue weighted by molar-refractivity contribution is 4.66. The van der Waals surface area contributed by atoms with Crippen molar-refractivity contribution in [3.63, 3.8) is 0 Å². The third kappa shape index (κ3) is 9.95. The highest BCUT2D eigenvalue weighted by Crippen LogP contribution is 2.10. The topological polar surface area (TPSA) is 21.3 Å². The van der Waals surface area contributed by atoms with E-state index in [0.717, 1.165) is 26.0 Å². The molecule has 0 aromatic heterocycles. The van der Waals surface area contributed by atoms with Gasteiger partial charge in [0.05, 0.1) is 12.7 Å². The van der Waals surface area contributed by atoms with Gasteiger partial charge in [-0.1, -0.05) is 25.8 Å². The Hall–Kier alpha value is -0.340. The molecule has 0 fully saturated rings. The predicted molar refractivity (Wildman–Crippen MR) is 67.2 cm³/mol. The molecule has 0 radical (unpaired) electrons. The van der Waals surface area contributed by atoms with Crippen molar-refractivity contribution in [2.24, 2.45) is 0 Å². The van der Waals surface area contributed by atoms with Crippen LogP contribution in [0.5, 0.6) is 0 Å². The lowest BCUT2D eigenvalue weighted by atomic mass is 10.1. The lowest BCUT2D eigenvalue weighted by Gasteiger charge is -2.15. The van der Waals surface area contributed by atoms with Crippen LogP contribution in [0.15, 0.2) is 12.7 Å². The van der Waals surface area contributed by atoms with Gasteiger partial charge in [-0.25, -0.2) is 0 Å². The molecule has 0 aromatic rings. The van der Waals surface area contributed by atoms with E-state index in [1.807, 2.05) is 13.1 Å². The highest BCUT2D eigenvalue weighted by Gasteiger charge is 2.05. The molecule has 1 atom stereocenters. The first-order valence-corrected chi connectivity index (χ1v) is 6.22. The first kappa shape index (κ1) is 14.7. The normalized spacial score (nSPS) is 12.7. The van der Waals surface area contributed by atoms with Crippen LogP contribution in [0.3, 0.4) is 0 Å². The van der Waals surface area contributed by atoms with Gasteiger partial charge >= 0.3 is 0 Å². The zero-order valence-corrected chi connectivity index (χ0v) is 10.4. The molecule has 0 spiro atoms. The van der Waals surface area contributed by atoms with Crippen molar-refractivity contribution in [1.82, 2.24) is 5.32 Å². The molecule has 0 heterocycles. The Morgan fingerprint density at radius 3 is 2.73 bits per heavy atom. The average molecular weight is 213 g/mol. The SMILES string of the molecule is C=CCCCCCC(CC)OCCNC. The summed E-state index contributed by atoms with van der Waals surface area (Å²) in [4.78, 5) is 0. The summed E-state index contributed by atoms with van der Waals surface area (Å²) in [5.74, 6) is 0. The Morgan fingerprint density at radius 1 is 1.33 bits per heavy atom. The first-order valence-electron chi connectivity index (χ1n) is 6.22. The van der Waals surface area contributed by atoms with Gasteiger partial charge in [-0.2, -0.15) is 0 Å². The van der Waals surface area contributed by atoms with Gasteiger partial charge in [-0.15, -0.1) is 6.58 Å². The van der Waals surface area contributed by atoms with Crippen LogP contribution in [-0.2, 0) is 4.74 Å². The number of likely N-dealkylation sites (N-methyl/N-ethyl adjacent to an activating group) is 1. The molecular formula is C13H27NO. The Kier molecular flexibility index (Phi) is 11.5. The van der Waals surface area contributed by atoms with Crippen LogP contribution in [0.2, 0.25) is 0 Å². The fraction of sp³-hybridized carbons (Fsp3) is 0.846. The molecule has 15 heavy (non-hydrogen) atoms. The lowest BCUT2D eigenvalue weighted by Crippen LogP contribution is -2.20. The number of hydrogen-bond acceptors (Lipinski definition) is 2. The molecule has 2 heteroatoms. The smallest absolute Gasteiger partial charge is 0.0594 e. The summed E-state index contributed by atoms with van der Waals surface area (Å²) < 4.78 is 5.76. The standard InChI is InChI=1S/C13H27NO/c1-4-6-7-8-9-10-13(5-2)15-12-11-14-3/h4,13-14H,1,5-12H2,2-3H3. The molecule has 0 aliphatic carbocycles. The monoisotopic (exact) mass is 213 g/mol. The summed E-state index contributed by atoms with van der Waals surface area (Å²) in [6.45, 7) is 7.72. The maximum atomic E-state index is 5.76. The fourth-order valence-electron chi connectivity index (χ4n) is 1.57. The Balaban J connectivity index is 3.31. The minimum Gasteiger partial charge on any atom is -0.377 e. The van der Waals surface area contributed by atoms with E-state index in [1.54, 1.807) is 0 Å². The second-order valence-electron chi connectivity index (χ2n) is 3.93. The van der Waals surface area contributed by atoms with Crippen molar-refractivity contribution in [2.45, 2.75) is 51.6 Å². The first-order chi connectivity index (χ1) is 7.35. The van der Waals surface area contributed by atoms with E-state index in [1.165, 1.54) is 25.7 Å². The van der Waals surface area contributed by atoms with Gasteiger partial charge < -0.3 is 10.1 Å². The van der Waals surface area contributed by atoms with Crippen molar-refractivity contribution < 1.29 is 4.74 Å².